The summed E-state index contributed by atoms with van der Waals surface area (Å²) in [5.41, 5.74) is 0.941. The molecule has 0 spiro atoms. The van der Waals surface area contributed by atoms with Gasteiger partial charge < -0.3 is 0 Å². The van der Waals surface area contributed by atoms with Crippen molar-refractivity contribution in [3.63, 3.8) is 0 Å². The summed E-state index contributed by atoms with van der Waals surface area (Å²) < 4.78 is 12.2. The van der Waals surface area contributed by atoms with Crippen molar-refractivity contribution in [2.75, 3.05) is 0 Å². The molecule has 0 amide bonds. The number of benzene rings is 1. The minimum atomic E-state index is -0.208. The highest BCUT2D eigenvalue weighted by Crippen LogP contribution is 2.02. The van der Waals surface area contributed by atoms with Crippen molar-refractivity contribution >= 4 is 6.08 Å². The maximum absolute atomic E-state index is 12.2. The van der Waals surface area contributed by atoms with E-state index in [-0.39, 0.29) is 13.2 Å². The molecule has 0 unspecified atom stereocenters. The Bertz CT molecular complexity index is 198. The van der Waals surface area contributed by atoms with Crippen LogP contribution in [0.4, 0.5) is 4.39 Å². The lowest BCUT2D eigenvalue weighted by Gasteiger charge is -1.88. The van der Waals surface area contributed by atoms with Crippen LogP contribution in [0, 0.1) is 5.82 Å². The van der Waals surface area contributed by atoms with Gasteiger partial charge in [-0.1, -0.05) is 32.2 Å². The molecule has 0 aliphatic rings. The van der Waals surface area contributed by atoms with Crippen LogP contribution in [-0.4, -0.2) is 0 Å². The summed E-state index contributed by atoms with van der Waals surface area (Å²) in [4.78, 5) is 0. The Morgan fingerprint density at radius 1 is 1.20 bits per heavy atom. The normalized spacial score (nSPS) is 8.10. The van der Waals surface area contributed by atoms with Crippen molar-refractivity contribution in [2.45, 2.75) is 7.43 Å². The average molecular weight is 138 g/mol. The van der Waals surface area contributed by atoms with Gasteiger partial charge in [-0.05, 0) is 17.7 Å². The van der Waals surface area contributed by atoms with Crippen LogP contribution >= 0.6 is 0 Å². The Morgan fingerprint density at radius 3 is 2.10 bits per heavy atom. The van der Waals surface area contributed by atoms with Crippen LogP contribution in [-0.2, 0) is 0 Å². The SMILES string of the molecule is C.C=Cc1ccc(F)cc1. The first-order chi connectivity index (χ1) is 4.33. The van der Waals surface area contributed by atoms with E-state index >= 15 is 0 Å². The van der Waals surface area contributed by atoms with E-state index in [4.69, 9.17) is 0 Å². The topological polar surface area (TPSA) is 0 Å². The predicted molar refractivity (Wildman–Crippen MR) is 43.2 cm³/mol. The highest BCUT2D eigenvalue weighted by Gasteiger charge is 1.85. The quantitative estimate of drug-likeness (QED) is 0.559. The smallest absolute Gasteiger partial charge is 0.123 e. The zero-order chi connectivity index (χ0) is 6.69. The Labute approximate surface area is 61.0 Å². The summed E-state index contributed by atoms with van der Waals surface area (Å²) in [6.07, 6.45) is 1.68. The molecule has 0 saturated heterocycles. The van der Waals surface area contributed by atoms with Gasteiger partial charge >= 0.3 is 0 Å². The Morgan fingerprint density at radius 2 is 1.70 bits per heavy atom. The monoisotopic (exact) mass is 138 g/mol. The van der Waals surface area contributed by atoms with Gasteiger partial charge in [-0.15, -0.1) is 0 Å². The molecule has 0 fully saturated rings. The molecule has 1 aromatic rings. The first-order valence-electron chi connectivity index (χ1n) is 2.71. The summed E-state index contributed by atoms with van der Waals surface area (Å²) >= 11 is 0. The Hall–Kier alpha value is -1.11. The molecule has 0 heterocycles. The molecule has 0 nitrogen and oxygen atoms in total. The zero-order valence-corrected chi connectivity index (χ0v) is 4.97. The maximum Gasteiger partial charge on any atom is 0.123 e. The van der Waals surface area contributed by atoms with Crippen LogP contribution in [0.15, 0.2) is 30.8 Å². The number of hydrogen-bond donors (Lipinski definition) is 0. The predicted octanol–water partition coefficient (Wildman–Crippen LogP) is 3.10. The molecule has 0 radical (unpaired) electrons. The van der Waals surface area contributed by atoms with Gasteiger partial charge in [-0.3, -0.25) is 0 Å². The van der Waals surface area contributed by atoms with E-state index < -0.39 is 0 Å². The van der Waals surface area contributed by atoms with Crippen LogP contribution in [0.5, 0.6) is 0 Å². The van der Waals surface area contributed by atoms with Crippen LogP contribution in [0.1, 0.15) is 13.0 Å². The van der Waals surface area contributed by atoms with E-state index in [2.05, 4.69) is 6.58 Å². The third kappa shape index (κ3) is 2.02. The molecule has 0 aromatic heterocycles. The summed E-state index contributed by atoms with van der Waals surface area (Å²) in [6, 6.07) is 6.19. The molecular formula is C9H11F. The molecule has 0 aliphatic heterocycles. The second-order valence-corrected chi connectivity index (χ2v) is 1.76. The molecule has 0 N–H and O–H groups in total. The highest BCUT2D eigenvalue weighted by molar-refractivity contribution is 5.45. The standard InChI is InChI=1S/C8H7F.CH4/c1-2-7-3-5-8(9)6-4-7;/h2-6H,1H2;1H4. The van der Waals surface area contributed by atoms with Crippen molar-refractivity contribution in [1.82, 2.24) is 0 Å². The van der Waals surface area contributed by atoms with E-state index in [9.17, 15) is 4.39 Å². The molecule has 1 aromatic carbocycles. The maximum atomic E-state index is 12.2. The second kappa shape index (κ2) is 3.83. The van der Waals surface area contributed by atoms with Gasteiger partial charge in [0.1, 0.15) is 5.82 Å². The summed E-state index contributed by atoms with van der Waals surface area (Å²) in [7, 11) is 0. The number of halogens is 1. The third-order valence-electron chi connectivity index (χ3n) is 1.11. The fourth-order valence-electron chi connectivity index (χ4n) is 0.599. The van der Waals surface area contributed by atoms with Crippen LogP contribution in [0.3, 0.4) is 0 Å². The Kier molecular flexibility index (Phi) is 3.40. The number of rotatable bonds is 1. The number of hydrogen-bond acceptors (Lipinski definition) is 0. The minimum Gasteiger partial charge on any atom is -0.207 e. The van der Waals surface area contributed by atoms with Gasteiger partial charge in [0.05, 0.1) is 0 Å². The van der Waals surface area contributed by atoms with Crippen molar-refractivity contribution in [3.8, 4) is 0 Å². The molecule has 0 bridgehead atoms. The molecule has 0 saturated carbocycles. The van der Waals surface area contributed by atoms with Gasteiger partial charge in [-0.2, -0.15) is 0 Å². The van der Waals surface area contributed by atoms with Crippen molar-refractivity contribution < 1.29 is 4.39 Å². The zero-order valence-electron chi connectivity index (χ0n) is 4.97. The van der Waals surface area contributed by atoms with E-state index in [0.29, 0.717) is 0 Å². The summed E-state index contributed by atoms with van der Waals surface area (Å²) in [6.45, 7) is 3.54. The first kappa shape index (κ1) is 8.89. The highest BCUT2D eigenvalue weighted by atomic mass is 19.1. The molecule has 1 rings (SSSR count). The third-order valence-corrected chi connectivity index (χ3v) is 1.11. The van der Waals surface area contributed by atoms with Crippen molar-refractivity contribution in [1.29, 1.82) is 0 Å². The fourth-order valence-corrected chi connectivity index (χ4v) is 0.599. The van der Waals surface area contributed by atoms with Gasteiger partial charge in [0.2, 0.25) is 0 Å². The summed E-state index contributed by atoms with van der Waals surface area (Å²) in [5, 5.41) is 0. The largest absolute Gasteiger partial charge is 0.207 e. The lowest BCUT2D eigenvalue weighted by Crippen LogP contribution is -1.72. The van der Waals surface area contributed by atoms with Gasteiger partial charge in [0, 0.05) is 0 Å². The molecule has 0 aliphatic carbocycles. The second-order valence-electron chi connectivity index (χ2n) is 1.76. The van der Waals surface area contributed by atoms with Gasteiger partial charge in [0.25, 0.3) is 0 Å². The lowest BCUT2D eigenvalue weighted by atomic mass is 10.2. The van der Waals surface area contributed by atoms with Crippen LogP contribution < -0.4 is 0 Å². The van der Waals surface area contributed by atoms with Gasteiger partial charge in [0.15, 0.2) is 0 Å². The first-order valence-corrected chi connectivity index (χ1v) is 2.71. The minimum absolute atomic E-state index is 0. The van der Waals surface area contributed by atoms with Crippen LogP contribution in [0.25, 0.3) is 6.08 Å². The lowest BCUT2D eigenvalue weighted by molar-refractivity contribution is 0.628. The molecule has 0 atom stereocenters. The van der Waals surface area contributed by atoms with Crippen molar-refractivity contribution in [3.05, 3.63) is 42.2 Å². The Balaban J connectivity index is 0.000000810. The van der Waals surface area contributed by atoms with Crippen molar-refractivity contribution in [2.24, 2.45) is 0 Å². The van der Waals surface area contributed by atoms with E-state index in [0.717, 1.165) is 5.56 Å². The van der Waals surface area contributed by atoms with E-state index in [1.165, 1.54) is 12.1 Å². The van der Waals surface area contributed by atoms with E-state index in [1.54, 1.807) is 18.2 Å². The molecule has 54 valence electrons. The molecule has 1 heteroatoms. The molecule has 10 heavy (non-hydrogen) atoms. The average Bonchev–Trinajstić information content (AvgIpc) is 1.90. The van der Waals surface area contributed by atoms with E-state index in [1.807, 2.05) is 0 Å². The fraction of sp³-hybridized carbons (Fsp3) is 0.111. The summed E-state index contributed by atoms with van der Waals surface area (Å²) in [5.74, 6) is -0.208. The van der Waals surface area contributed by atoms with Crippen LogP contribution in [0.2, 0.25) is 0 Å². The van der Waals surface area contributed by atoms with Gasteiger partial charge in [-0.25, -0.2) is 4.39 Å². The molecular weight excluding hydrogens is 127 g/mol.